The average Bonchev–Trinajstić information content (AvgIpc) is 2.21. The van der Waals surface area contributed by atoms with Crippen LogP contribution in [0.4, 0.5) is 5.69 Å². The molecule has 0 aromatic heterocycles. The van der Waals surface area contributed by atoms with Crippen LogP contribution in [-0.4, -0.2) is 5.11 Å². The fourth-order valence-electron chi connectivity index (χ4n) is 1.58. The Hall–Kier alpha value is -0.930. The molecule has 0 bridgehead atoms. The van der Waals surface area contributed by atoms with E-state index in [2.05, 4.69) is 5.18 Å². The summed E-state index contributed by atoms with van der Waals surface area (Å²) in [5.41, 5.74) is 2.75. The molecule has 14 heavy (non-hydrogen) atoms. The zero-order valence-electron chi connectivity index (χ0n) is 8.17. The Morgan fingerprint density at radius 2 is 2.21 bits per heavy atom. The minimum absolute atomic E-state index is 0.0935. The highest BCUT2D eigenvalue weighted by Crippen LogP contribution is 2.33. The highest BCUT2D eigenvalue weighted by Gasteiger charge is 2.12. The van der Waals surface area contributed by atoms with Gasteiger partial charge in [0.15, 0.2) is 0 Å². The number of nitroso groups, excluding NO2 is 1. The first-order valence-corrected chi connectivity index (χ1v) is 4.78. The predicted octanol–water partition coefficient (Wildman–Crippen LogP) is 3.10. The van der Waals surface area contributed by atoms with Crippen molar-refractivity contribution in [1.29, 1.82) is 0 Å². The molecule has 0 aliphatic heterocycles. The summed E-state index contributed by atoms with van der Waals surface area (Å²) in [6, 6.07) is 1.54. The topological polar surface area (TPSA) is 49.7 Å². The van der Waals surface area contributed by atoms with Gasteiger partial charge in [-0.3, -0.25) is 0 Å². The molecule has 0 aliphatic carbocycles. The van der Waals surface area contributed by atoms with Gasteiger partial charge in [-0.25, -0.2) is 0 Å². The molecule has 3 nitrogen and oxygen atoms in total. The molecule has 1 aromatic carbocycles. The molecule has 0 unspecified atom stereocenters. The first kappa shape index (κ1) is 11.1. The van der Waals surface area contributed by atoms with E-state index in [1.807, 2.05) is 13.8 Å². The molecular formula is C10H12ClNO2. The average molecular weight is 214 g/mol. The molecule has 0 fully saturated rings. The third kappa shape index (κ3) is 1.79. The van der Waals surface area contributed by atoms with Crippen LogP contribution in [0.5, 0.6) is 0 Å². The van der Waals surface area contributed by atoms with Gasteiger partial charge < -0.3 is 5.11 Å². The van der Waals surface area contributed by atoms with E-state index in [-0.39, 0.29) is 12.3 Å². The zero-order chi connectivity index (χ0) is 10.7. The number of halogens is 1. The van der Waals surface area contributed by atoms with E-state index >= 15 is 0 Å². The van der Waals surface area contributed by atoms with E-state index in [1.54, 1.807) is 6.07 Å². The maximum Gasteiger partial charge on any atom is 0.127 e. The highest BCUT2D eigenvalue weighted by molar-refractivity contribution is 6.33. The van der Waals surface area contributed by atoms with E-state index < -0.39 is 0 Å². The summed E-state index contributed by atoms with van der Waals surface area (Å²) in [7, 11) is 0. The van der Waals surface area contributed by atoms with Crippen LogP contribution in [0.15, 0.2) is 11.2 Å². The lowest BCUT2D eigenvalue weighted by atomic mass is 9.99. The molecule has 1 rings (SSSR count). The van der Waals surface area contributed by atoms with Crippen LogP contribution in [0.1, 0.15) is 23.6 Å². The highest BCUT2D eigenvalue weighted by atomic mass is 35.5. The third-order valence-electron chi connectivity index (χ3n) is 2.33. The van der Waals surface area contributed by atoms with Crippen molar-refractivity contribution in [1.82, 2.24) is 0 Å². The van der Waals surface area contributed by atoms with Crippen molar-refractivity contribution >= 4 is 17.3 Å². The molecule has 0 radical (unpaired) electrons. The molecule has 0 spiro atoms. The van der Waals surface area contributed by atoms with Gasteiger partial charge in [0.05, 0.1) is 11.6 Å². The van der Waals surface area contributed by atoms with Crippen LogP contribution in [0.3, 0.4) is 0 Å². The first-order chi connectivity index (χ1) is 6.65. The molecule has 1 N–H and O–H groups in total. The number of hydrogen-bond acceptors (Lipinski definition) is 3. The Bertz CT molecular complexity index is 364. The fraction of sp³-hybridized carbons (Fsp3) is 0.400. The summed E-state index contributed by atoms with van der Waals surface area (Å²) in [6.07, 6.45) is 0.778. The Balaban J connectivity index is 3.45. The van der Waals surface area contributed by atoms with Crippen LogP contribution in [0.25, 0.3) is 0 Å². The number of hydrogen-bond donors (Lipinski definition) is 1. The van der Waals surface area contributed by atoms with Crippen LogP contribution in [-0.2, 0) is 13.0 Å². The van der Waals surface area contributed by atoms with Crippen molar-refractivity contribution in [3.63, 3.8) is 0 Å². The molecular weight excluding hydrogens is 202 g/mol. The number of rotatable bonds is 3. The van der Waals surface area contributed by atoms with Crippen molar-refractivity contribution in [3.05, 3.63) is 32.7 Å². The lowest BCUT2D eigenvalue weighted by Gasteiger charge is -2.11. The van der Waals surface area contributed by atoms with Gasteiger partial charge in [0, 0.05) is 0 Å². The normalized spacial score (nSPS) is 10.3. The minimum Gasteiger partial charge on any atom is -0.392 e. The van der Waals surface area contributed by atoms with Gasteiger partial charge in [-0.15, -0.1) is 4.91 Å². The Morgan fingerprint density at radius 3 is 2.64 bits per heavy atom. The second-order valence-electron chi connectivity index (χ2n) is 3.08. The monoisotopic (exact) mass is 213 g/mol. The number of benzene rings is 1. The molecule has 0 heterocycles. The van der Waals surface area contributed by atoms with Gasteiger partial charge in [-0.2, -0.15) is 0 Å². The standard InChI is InChI=1S/C10H12ClNO2/c1-3-8-6(2)10(11)9(12-14)4-7(8)5-13/h4,13H,3,5H2,1-2H3. The molecule has 0 amide bonds. The lowest BCUT2D eigenvalue weighted by molar-refractivity contribution is 0.280. The van der Waals surface area contributed by atoms with Crippen LogP contribution < -0.4 is 0 Å². The van der Waals surface area contributed by atoms with Crippen molar-refractivity contribution in [2.45, 2.75) is 26.9 Å². The van der Waals surface area contributed by atoms with Gasteiger partial charge in [0.25, 0.3) is 0 Å². The Morgan fingerprint density at radius 1 is 1.57 bits per heavy atom. The number of aliphatic hydroxyl groups is 1. The molecule has 0 atom stereocenters. The summed E-state index contributed by atoms with van der Waals surface area (Å²) >= 11 is 5.93. The lowest BCUT2D eigenvalue weighted by Crippen LogP contribution is -1.97. The molecule has 0 saturated carbocycles. The number of aliphatic hydroxyl groups excluding tert-OH is 1. The summed E-state index contributed by atoms with van der Waals surface area (Å²) < 4.78 is 0. The second kappa shape index (κ2) is 4.53. The van der Waals surface area contributed by atoms with E-state index in [9.17, 15) is 4.91 Å². The molecule has 1 aromatic rings. The SMILES string of the molecule is CCc1c(CO)cc(N=O)c(Cl)c1C. The van der Waals surface area contributed by atoms with Crippen molar-refractivity contribution in [2.75, 3.05) is 0 Å². The van der Waals surface area contributed by atoms with E-state index in [4.69, 9.17) is 16.7 Å². The van der Waals surface area contributed by atoms with Crippen molar-refractivity contribution in [3.8, 4) is 0 Å². The predicted molar refractivity (Wildman–Crippen MR) is 56.9 cm³/mol. The van der Waals surface area contributed by atoms with Gasteiger partial charge in [0.1, 0.15) is 5.69 Å². The second-order valence-corrected chi connectivity index (χ2v) is 3.45. The van der Waals surface area contributed by atoms with E-state index in [0.717, 1.165) is 23.1 Å². The van der Waals surface area contributed by atoms with Crippen LogP contribution in [0.2, 0.25) is 5.02 Å². The first-order valence-electron chi connectivity index (χ1n) is 4.40. The summed E-state index contributed by atoms with van der Waals surface area (Å²) in [6.45, 7) is 3.71. The summed E-state index contributed by atoms with van der Waals surface area (Å²) in [4.78, 5) is 10.4. The maximum atomic E-state index is 10.4. The molecule has 4 heteroatoms. The van der Waals surface area contributed by atoms with Crippen molar-refractivity contribution < 1.29 is 5.11 Å². The van der Waals surface area contributed by atoms with Crippen molar-refractivity contribution in [2.24, 2.45) is 5.18 Å². The number of nitrogens with zero attached hydrogens (tertiary/aromatic N) is 1. The summed E-state index contributed by atoms with van der Waals surface area (Å²) in [5, 5.41) is 12.3. The van der Waals surface area contributed by atoms with Crippen LogP contribution >= 0.6 is 11.6 Å². The van der Waals surface area contributed by atoms with E-state index in [1.165, 1.54) is 0 Å². The quantitative estimate of drug-likeness (QED) is 0.785. The Kier molecular flexibility index (Phi) is 3.61. The molecule has 0 aliphatic rings. The zero-order valence-corrected chi connectivity index (χ0v) is 8.93. The van der Waals surface area contributed by atoms with E-state index in [0.29, 0.717) is 5.02 Å². The maximum absolute atomic E-state index is 10.4. The van der Waals surface area contributed by atoms with Gasteiger partial charge in [0.2, 0.25) is 0 Å². The fourth-order valence-corrected chi connectivity index (χ4v) is 1.78. The van der Waals surface area contributed by atoms with Gasteiger partial charge >= 0.3 is 0 Å². The largest absolute Gasteiger partial charge is 0.392 e. The molecule has 0 saturated heterocycles. The van der Waals surface area contributed by atoms with Gasteiger partial charge in [-0.05, 0) is 41.3 Å². The van der Waals surface area contributed by atoms with Gasteiger partial charge in [-0.1, -0.05) is 18.5 Å². The minimum atomic E-state index is -0.0935. The van der Waals surface area contributed by atoms with Crippen LogP contribution in [0, 0.1) is 11.8 Å². The Labute approximate surface area is 87.7 Å². The molecule has 76 valence electrons. The smallest absolute Gasteiger partial charge is 0.127 e. The summed E-state index contributed by atoms with van der Waals surface area (Å²) in [5.74, 6) is 0. The third-order valence-corrected chi connectivity index (χ3v) is 2.80.